The molecule has 1 amide bonds. The van der Waals surface area contributed by atoms with Crippen molar-refractivity contribution in [1.82, 2.24) is 15.0 Å². The molecule has 1 aliphatic rings. The molecule has 2 N–H and O–H groups in total. The van der Waals surface area contributed by atoms with Gasteiger partial charge >= 0.3 is 0 Å². The quantitative estimate of drug-likeness (QED) is 0.556. The van der Waals surface area contributed by atoms with E-state index in [2.05, 4.69) is 26.1 Å². The number of H-pyrrole nitrogens is 1. The highest BCUT2D eigenvalue weighted by Crippen LogP contribution is 2.42. The van der Waals surface area contributed by atoms with Crippen LogP contribution in [0.1, 0.15) is 44.2 Å². The van der Waals surface area contributed by atoms with E-state index in [9.17, 15) is 14.7 Å². The van der Waals surface area contributed by atoms with Crippen LogP contribution < -0.4 is 5.56 Å². The van der Waals surface area contributed by atoms with Gasteiger partial charge in [0.1, 0.15) is 6.61 Å². The normalized spacial score (nSPS) is 13.6. The van der Waals surface area contributed by atoms with Crippen LogP contribution in [0.25, 0.3) is 11.1 Å². The average molecular weight is 507 g/mol. The average Bonchev–Trinajstić information content (AvgIpc) is 3.08. The molecule has 0 spiro atoms. The highest BCUT2D eigenvalue weighted by atomic mass is 79.9. The number of benzene rings is 1. The Hall–Kier alpha value is -2.42. The van der Waals surface area contributed by atoms with Gasteiger partial charge in [0.05, 0.1) is 28.4 Å². The van der Waals surface area contributed by atoms with Gasteiger partial charge in [-0.3, -0.25) is 9.59 Å². The third-order valence-corrected chi connectivity index (χ3v) is 6.74. The molecule has 0 aliphatic carbocycles. The number of hydrogen-bond donors (Lipinski definition) is 2. The summed E-state index contributed by atoms with van der Waals surface area (Å²) in [4.78, 5) is 30.4. The molecular weight excluding hydrogens is 486 g/mol. The second-order valence-electron chi connectivity index (χ2n) is 7.72. The Morgan fingerprint density at radius 2 is 2.00 bits per heavy atom. The van der Waals surface area contributed by atoms with Crippen LogP contribution >= 0.6 is 27.5 Å². The third kappa shape index (κ3) is 3.73. The highest BCUT2D eigenvalue weighted by molar-refractivity contribution is 9.10. The summed E-state index contributed by atoms with van der Waals surface area (Å²) in [6.07, 6.45) is 0.597. The Morgan fingerprint density at radius 3 is 2.68 bits per heavy atom. The lowest BCUT2D eigenvalue weighted by Gasteiger charge is -2.31. The smallest absolute Gasteiger partial charge is 0.256 e. The Bertz CT molecular complexity index is 1260. The topological polar surface area (TPSA) is 99.4 Å². The van der Waals surface area contributed by atoms with Crippen molar-refractivity contribution in [3.8, 4) is 11.1 Å². The van der Waals surface area contributed by atoms with E-state index in [4.69, 9.17) is 16.1 Å². The molecule has 2 aromatic heterocycles. The first-order valence-corrected chi connectivity index (χ1v) is 11.0. The number of carbonyl (C=O) groups is 1. The lowest BCUT2D eigenvalue weighted by molar-refractivity contribution is 0.0726. The Labute approximate surface area is 192 Å². The second-order valence-corrected chi connectivity index (χ2v) is 8.95. The number of halogens is 2. The first kappa shape index (κ1) is 21.8. The molecule has 7 nitrogen and oxygen atoms in total. The third-order valence-electron chi connectivity index (χ3n) is 5.64. The van der Waals surface area contributed by atoms with Crippen molar-refractivity contribution >= 4 is 33.4 Å². The molecule has 3 aromatic rings. The van der Waals surface area contributed by atoms with E-state index < -0.39 is 0 Å². The molecule has 0 saturated heterocycles. The number of nitrogens with one attached hydrogen (secondary N) is 1. The SMILES string of the molecule is Cc1cc(C)c(CN2CCc3c(Br)cc(-c4c(C)noc4CO)c(Cl)c3C2=O)c(=O)[nH]1. The van der Waals surface area contributed by atoms with Crippen LogP contribution in [0.3, 0.4) is 0 Å². The fraction of sp³-hybridized carbons (Fsp3) is 0.318. The van der Waals surface area contributed by atoms with Gasteiger partial charge in [0, 0.05) is 27.8 Å². The predicted octanol–water partition coefficient (Wildman–Crippen LogP) is 4.06. The van der Waals surface area contributed by atoms with Gasteiger partial charge in [-0.2, -0.15) is 0 Å². The summed E-state index contributed by atoms with van der Waals surface area (Å²) in [5, 5.41) is 13.8. The summed E-state index contributed by atoms with van der Waals surface area (Å²) < 4.78 is 5.95. The van der Waals surface area contributed by atoms with Crippen LogP contribution in [0.2, 0.25) is 5.02 Å². The zero-order chi connectivity index (χ0) is 22.4. The van der Waals surface area contributed by atoms with Crippen molar-refractivity contribution < 1.29 is 14.4 Å². The molecule has 1 aliphatic heterocycles. The number of rotatable bonds is 4. The van der Waals surface area contributed by atoms with Crippen molar-refractivity contribution in [2.75, 3.05) is 6.54 Å². The van der Waals surface area contributed by atoms with Gasteiger partial charge in [0.15, 0.2) is 5.76 Å². The van der Waals surface area contributed by atoms with E-state index in [0.717, 1.165) is 21.3 Å². The van der Waals surface area contributed by atoms with Gasteiger partial charge in [0.2, 0.25) is 0 Å². The molecule has 4 rings (SSSR count). The predicted molar refractivity (Wildman–Crippen MR) is 120 cm³/mol. The maximum Gasteiger partial charge on any atom is 0.256 e. The molecular formula is C22H21BrClN3O4. The van der Waals surface area contributed by atoms with E-state index >= 15 is 0 Å². The summed E-state index contributed by atoms with van der Waals surface area (Å²) in [5.74, 6) is 0.0426. The summed E-state index contributed by atoms with van der Waals surface area (Å²) in [7, 11) is 0. The number of aliphatic hydroxyl groups is 1. The van der Waals surface area contributed by atoms with Gasteiger partial charge < -0.3 is 19.5 Å². The molecule has 3 heterocycles. The first-order chi connectivity index (χ1) is 14.7. The molecule has 0 bridgehead atoms. The lowest BCUT2D eigenvalue weighted by Crippen LogP contribution is -2.39. The van der Waals surface area contributed by atoms with Crippen molar-refractivity contribution in [2.45, 2.75) is 40.3 Å². The second kappa shape index (κ2) is 8.26. The van der Waals surface area contributed by atoms with Crippen molar-refractivity contribution in [3.05, 3.63) is 71.4 Å². The number of pyridine rings is 1. The highest BCUT2D eigenvalue weighted by Gasteiger charge is 2.32. The summed E-state index contributed by atoms with van der Waals surface area (Å²) in [6, 6.07) is 3.73. The van der Waals surface area contributed by atoms with Crippen molar-refractivity contribution in [1.29, 1.82) is 0 Å². The Morgan fingerprint density at radius 1 is 1.26 bits per heavy atom. The molecule has 0 unspecified atom stereocenters. The zero-order valence-electron chi connectivity index (χ0n) is 17.3. The van der Waals surface area contributed by atoms with Crippen LogP contribution in [-0.4, -0.2) is 32.6 Å². The number of aromatic amines is 1. The van der Waals surface area contributed by atoms with Crippen LogP contribution in [0, 0.1) is 20.8 Å². The maximum absolute atomic E-state index is 13.5. The zero-order valence-corrected chi connectivity index (χ0v) is 19.6. The minimum Gasteiger partial charge on any atom is -0.388 e. The van der Waals surface area contributed by atoms with E-state index in [1.165, 1.54) is 0 Å². The maximum atomic E-state index is 13.5. The minimum absolute atomic E-state index is 0.190. The first-order valence-electron chi connectivity index (χ1n) is 9.78. The number of carbonyl (C=O) groups excluding carboxylic acids is 1. The largest absolute Gasteiger partial charge is 0.388 e. The molecule has 31 heavy (non-hydrogen) atoms. The number of aromatic nitrogens is 2. The van der Waals surface area contributed by atoms with E-state index in [0.29, 0.717) is 40.9 Å². The van der Waals surface area contributed by atoms with Gasteiger partial charge in [-0.25, -0.2) is 0 Å². The minimum atomic E-state index is -0.337. The van der Waals surface area contributed by atoms with Gasteiger partial charge in [0.25, 0.3) is 11.5 Å². The molecule has 0 saturated carbocycles. The van der Waals surface area contributed by atoms with Crippen LogP contribution in [0.5, 0.6) is 0 Å². The van der Waals surface area contributed by atoms with Gasteiger partial charge in [-0.15, -0.1) is 0 Å². The Balaban J connectivity index is 1.79. The standard InChI is InChI=1S/C22H21BrClN3O4/c1-10-6-11(2)25-21(29)15(10)8-27-5-4-13-16(23)7-14(20(24)19(13)22(27)30)18-12(3)26-31-17(18)9-28/h6-7,28H,4-5,8-9H2,1-3H3,(H,25,29). The van der Waals surface area contributed by atoms with Crippen LogP contribution in [0.15, 0.2) is 25.9 Å². The summed E-state index contributed by atoms with van der Waals surface area (Å²) in [6.45, 7) is 5.78. The van der Waals surface area contributed by atoms with Crippen LogP contribution in [0.4, 0.5) is 0 Å². The molecule has 0 atom stereocenters. The van der Waals surface area contributed by atoms with E-state index in [-0.39, 0.29) is 35.4 Å². The number of amides is 1. The van der Waals surface area contributed by atoms with E-state index in [1.54, 1.807) is 11.8 Å². The van der Waals surface area contributed by atoms with Gasteiger partial charge in [-0.05, 0) is 50.5 Å². The fourth-order valence-electron chi connectivity index (χ4n) is 4.11. The van der Waals surface area contributed by atoms with Crippen molar-refractivity contribution in [3.63, 3.8) is 0 Å². The molecule has 162 valence electrons. The fourth-order valence-corrected chi connectivity index (χ4v) is 5.08. The number of nitrogens with zero attached hydrogens (tertiary/aromatic N) is 2. The molecule has 0 fully saturated rings. The number of hydrogen-bond acceptors (Lipinski definition) is 5. The lowest BCUT2D eigenvalue weighted by atomic mass is 9.92. The summed E-state index contributed by atoms with van der Waals surface area (Å²) in [5.41, 5.74) is 4.92. The number of aryl methyl sites for hydroxylation is 3. The van der Waals surface area contributed by atoms with Gasteiger partial charge in [-0.1, -0.05) is 32.7 Å². The summed E-state index contributed by atoms with van der Waals surface area (Å²) >= 11 is 10.3. The van der Waals surface area contributed by atoms with Crippen molar-refractivity contribution in [2.24, 2.45) is 0 Å². The number of aliphatic hydroxyl groups excluding tert-OH is 1. The van der Waals surface area contributed by atoms with E-state index in [1.807, 2.05) is 26.0 Å². The molecule has 0 radical (unpaired) electrons. The molecule has 9 heteroatoms. The van der Waals surface area contributed by atoms with Crippen LogP contribution in [-0.2, 0) is 19.6 Å². The molecule has 1 aromatic carbocycles. The number of fused-ring (bicyclic) bond motifs is 1. The Kier molecular flexibility index (Phi) is 5.81. The monoisotopic (exact) mass is 505 g/mol.